The van der Waals surface area contributed by atoms with Crippen molar-refractivity contribution in [3.63, 3.8) is 0 Å². The SMILES string of the molecule is Nc1cc[nH+]cc1.O=C([O-])c1cccc(C(=O)[O-])n1.[O-2].[O-2].[V]. The molecule has 0 aliphatic rings. The number of nitrogens with one attached hydrogen (secondary N) is 1. The van der Waals surface area contributed by atoms with Crippen molar-refractivity contribution in [2.24, 2.45) is 0 Å². The number of pyridine rings is 2. The number of rotatable bonds is 2. The maximum Gasteiger partial charge on any atom is 0.169 e. The molecule has 10 heteroatoms. The maximum atomic E-state index is 10.2. The Hall–Kier alpha value is -2.46. The second-order valence-corrected chi connectivity index (χ2v) is 3.32. The van der Waals surface area contributed by atoms with Gasteiger partial charge in [-0.2, -0.15) is 0 Å². The fourth-order valence-corrected chi connectivity index (χ4v) is 1.06. The standard InChI is InChI=1S/C7H5NO4.C5H6N2.2O.V/c9-6(10)4-2-1-3-5(8-4)7(11)12;6-5-1-3-7-4-2-5;;;/h1-3H,(H,9,10)(H,11,12);1-4H,(H2,6,7);;;/q;;2*-2;/p-1. The minimum absolute atomic E-state index is 0. The molecule has 0 atom stereocenters. The molecule has 1 radical (unpaired) electrons. The molecule has 0 fully saturated rings. The third-order valence-corrected chi connectivity index (χ3v) is 1.91. The number of aromatic amines is 1. The van der Waals surface area contributed by atoms with Gasteiger partial charge in [0.2, 0.25) is 0 Å². The van der Waals surface area contributed by atoms with Crippen LogP contribution in [0.2, 0.25) is 0 Å². The number of carbonyl (C=O) groups is 2. The van der Waals surface area contributed by atoms with Gasteiger partial charge in [0.05, 0.1) is 23.3 Å². The van der Waals surface area contributed by atoms with Gasteiger partial charge in [-0.1, -0.05) is 6.07 Å². The monoisotopic (exact) mass is 343 g/mol. The molecule has 0 saturated heterocycles. The zero-order valence-corrected chi connectivity index (χ0v) is 12.4. The van der Waals surface area contributed by atoms with E-state index in [2.05, 4.69) is 9.97 Å². The Morgan fingerprint density at radius 2 is 1.36 bits per heavy atom. The Bertz CT molecular complexity index is 553. The molecule has 3 N–H and O–H groups in total. The van der Waals surface area contributed by atoms with Crippen LogP contribution in [0.4, 0.5) is 5.69 Å². The predicted octanol–water partition coefficient (Wildman–Crippen LogP) is -2.35. The largest absolute Gasteiger partial charge is 2.00 e. The fraction of sp³-hybridized carbons (Fsp3) is 0. The molecule has 119 valence electrons. The van der Waals surface area contributed by atoms with Crippen LogP contribution in [0.15, 0.2) is 42.7 Å². The molecule has 2 heterocycles. The number of aromatic nitrogens is 2. The van der Waals surface area contributed by atoms with Gasteiger partial charge in [-0.25, -0.2) is 9.97 Å². The van der Waals surface area contributed by atoms with Crippen molar-refractivity contribution in [1.82, 2.24) is 4.98 Å². The quantitative estimate of drug-likeness (QED) is 0.634. The molecule has 0 spiro atoms. The molecule has 0 unspecified atom stereocenters. The summed E-state index contributed by atoms with van der Waals surface area (Å²) in [5.74, 6) is -3.03. The summed E-state index contributed by atoms with van der Waals surface area (Å²) in [7, 11) is 0. The summed E-state index contributed by atoms with van der Waals surface area (Å²) in [4.78, 5) is 26.5. The van der Waals surface area contributed by atoms with Crippen LogP contribution < -0.4 is 20.9 Å². The first kappa shape index (κ1) is 24.6. The Morgan fingerprint density at radius 1 is 0.955 bits per heavy atom. The Kier molecular flexibility index (Phi) is 13.7. The minimum Gasteiger partial charge on any atom is -2.00 e. The van der Waals surface area contributed by atoms with Crippen molar-refractivity contribution >= 4 is 17.6 Å². The Morgan fingerprint density at radius 3 is 1.64 bits per heavy atom. The van der Waals surface area contributed by atoms with Crippen molar-refractivity contribution in [2.75, 3.05) is 5.73 Å². The average Bonchev–Trinajstić information content (AvgIpc) is 2.40. The third-order valence-electron chi connectivity index (χ3n) is 1.91. The maximum absolute atomic E-state index is 10.2. The van der Waals surface area contributed by atoms with Gasteiger partial charge in [0.25, 0.3) is 0 Å². The average molecular weight is 343 g/mol. The number of nitrogens with zero attached hydrogens (tertiary/aromatic N) is 1. The van der Waals surface area contributed by atoms with Crippen molar-refractivity contribution < 1.29 is 54.3 Å². The molecule has 2 aromatic rings. The number of H-pyrrole nitrogens is 1. The predicted molar refractivity (Wildman–Crippen MR) is 61.7 cm³/mol. The molecular formula is C12H10N3O6V-5. The van der Waals surface area contributed by atoms with E-state index in [0.29, 0.717) is 0 Å². The van der Waals surface area contributed by atoms with Crippen LogP contribution in [0.25, 0.3) is 0 Å². The van der Waals surface area contributed by atoms with E-state index < -0.39 is 23.3 Å². The number of hydrogen-bond donors (Lipinski definition) is 1. The Labute approximate surface area is 137 Å². The normalized spacial score (nSPS) is 7.82. The summed E-state index contributed by atoms with van der Waals surface area (Å²) >= 11 is 0. The van der Waals surface area contributed by atoms with Gasteiger partial charge < -0.3 is 36.5 Å². The van der Waals surface area contributed by atoms with Crippen molar-refractivity contribution in [1.29, 1.82) is 0 Å². The van der Waals surface area contributed by atoms with Crippen LogP contribution in [-0.4, -0.2) is 16.9 Å². The van der Waals surface area contributed by atoms with E-state index in [1.54, 1.807) is 24.5 Å². The summed E-state index contributed by atoms with van der Waals surface area (Å²) in [6.45, 7) is 0. The summed E-state index contributed by atoms with van der Waals surface area (Å²) in [6, 6.07) is 7.15. The van der Waals surface area contributed by atoms with Crippen molar-refractivity contribution in [3.8, 4) is 0 Å². The third kappa shape index (κ3) is 8.66. The number of carboxylic acids is 2. The number of carbonyl (C=O) groups excluding carboxylic acids is 2. The molecule has 0 aliphatic heterocycles. The summed E-state index contributed by atoms with van der Waals surface area (Å²) < 4.78 is 0. The number of carboxylic acid groups (broad SMARTS) is 2. The van der Waals surface area contributed by atoms with Gasteiger partial charge in [-0.05, 0) is 12.1 Å². The molecule has 9 nitrogen and oxygen atoms in total. The first-order chi connectivity index (χ1) is 9.00. The second kappa shape index (κ2) is 12.3. The van der Waals surface area contributed by atoms with Crippen LogP contribution in [0, 0.1) is 0 Å². The summed E-state index contributed by atoms with van der Waals surface area (Å²) in [5, 5.41) is 20.4. The first-order valence-corrected chi connectivity index (χ1v) is 5.12. The zero-order chi connectivity index (χ0) is 14.3. The molecule has 0 bridgehead atoms. The number of aromatic carboxylic acids is 2. The van der Waals surface area contributed by atoms with Gasteiger partial charge in [-0.15, -0.1) is 0 Å². The van der Waals surface area contributed by atoms with Gasteiger partial charge in [-0.3, -0.25) is 0 Å². The number of nitrogen functional groups attached to an aromatic ring is 1. The molecule has 22 heavy (non-hydrogen) atoms. The van der Waals surface area contributed by atoms with Gasteiger partial charge in [0.15, 0.2) is 12.4 Å². The first-order valence-electron chi connectivity index (χ1n) is 5.12. The van der Waals surface area contributed by atoms with E-state index >= 15 is 0 Å². The van der Waals surface area contributed by atoms with Crippen LogP contribution in [0.1, 0.15) is 21.0 Å². The van der Waals surface area contributed by atoms with E-state index in [9.17, 15) is 19.8 Å². The summed E-state index contributed by atoms with van der Waals surface area (Å²) in [5.41, 5.74) is 5.29. The van der Waals surface area contributed by atoms with Gasteiger partial charge in [0.1, 0.15) is 0 Å². The van der Waals surface area contributed by atoms with Crippen molar-refractivity contribution in [2.45, 2.75) is 0 Å². The van der Waals surface area contributed by atoms with Gasteiger partial charge >= 0.3 is 0 Å². The second-order valence-electron chi connectivity index (χ2n) is 3.32. The smallest absolute Gasteiger partial charge is 0.169 e. The number of hydrogen-bond acceptors (Lipinski definition) is 6. The molecular weight excluding hydrogens is 333 g/mol. The van der Waals surface area contributed by atoms with E-state index in [-0.39, 0.29) is 29.5 Å². The van der Waals surface area contributed by atoms with E-state index in [0.717, 1.165) is 17.8 Å². The topological polar surface area (TPSA) is 190 Å². The van der Waals surface area contributed by atoms with Crippen LogP contribution in [0.5, 0.6) is 0 Å². The van der Waals surface area contributed by atoms with E-state index in [4.69, 9.17) is 5.73 Å². The van der Waals surface area contributed by atoms with Crippen LogP contribution in [-0.2, 0) is 29.5 Å². The van der Waals surface area contributed by atoms with Gasteiger partial charge in [0, 0.05) is 36.4 Å². The fourth-order valence-electron chi connectivity index (χ4n) is 1.06. The molecule has 0 amide bonds. The molecule has 2 aromatic heterocycles. The summed E-state index contributed by atoms with van der Waals surface area (Å²) in [6.07, 6.45) is 3.57. The number of anilines is 1. The number of nitrogens with two attached hydrogens (primary N) is 1. The van der Waals surface area contributed by atoms with E-state index in [1.807, 2.05) is 0 Å². The molecule has 0 aromatic carbocycles. The van der Waals surface area contributed by atoms with Crippen molar-refractivity contribution in [3.05, 3.63) is 54.1 Å². The minimum atomic E-state index is -1.52. The molecule has 0 aliphatic carbocycles. The van der Waals surface area contributed by atoms with Crippen LogP contribution in [0.3, 0.4) is 0 Å². The molecule has 0 saturated carbocycles. The Balaban J connectivity index is -0.000000317. The van der Waals surface area contributed by atoms with E-state index in [1.165, 1.54) is 6.07 Å². The molecule has 2 rings (SSSR count). The zero-order valence-electron chi connectivity index (χ0n) is 11.0. The van der Waals surface area contributed by atoms with Crippen LogP contribution >= 0.6 is 0 Å².